The maximum absolute atomic E-state index is 13.3. The van der Waals surface area contributed by atoms with Crippen LogP contribution >= 0.6 is 0 Å². The molecular formula is C15H22FNO3. The van der Waals surface area contributed by atoms with Gasteiger partial charge in [0.25, 0.3) is 0 Å². The molecule has 0 saturated heterocycles. The Labute approximate surface area is 119 Å². The monoisotopic (exact) mass is 283 g/mol. The Morgan fingerprint density at radius 3 is 2.90 bits per heavy atom. The molecule has 0 amide bonds. The van der Waals surface area contributed by atoms with Crippen molar-refractivity contribution in [2.24, 2.45) is 0 Å². The highest BCUT2D eigenvalue weighted by atomic mass is 19.1. The van der Waals surface area contributed by atoms with Crippen LogP contribution in [0.3, 0.4) is 0 Å². The third-order valence-corrected chi connectivity index (χ3v) is 2.42. The number of aliphatic hydroxyl groups is 1. The van der Waals surface area contributed by atoms with Crippen LogP contribution in [-0.4, -0.2) is 44.1 Å². The van der Waals surface area contributed by atoms with Gasteiger partial charge in [-0.1, -0.05) is 24.3 Å². The second-order valence-corrected chi connectivity index (χ2v) is 4.61. The van der Waals surface area contributed by atoms with Crippen LogP contribution < -0.4 is 10.1 Å². The van der Waals surface area contributed by atoms with Crippen LogP contribution in [0.4, 0.5) is 4.39 Å². The summed E-state index contributed by atoms with van der Waals surface area (Å²) in [5.41, 5.74) is 0.975. The molecule has 2 N–H and O–H groups in total. The van der Waals surface area contributed by atoms with Crippen LogP contribution in [0, 0.1) is 5.82 Å². The van der Waals surface area contributed by atoms with E-state index in [1.165, 1.54) is 12.1 Å². The van der Waals surface area contributed by atoms with E-state index in [2.05, 4.69) is 11.9 Å². The molecule has 4 nitrogen and oxygen atoms in total. The smallest absolute Gasteiger partial charge is 0.165 e. The van der Waals surface area contributed by atoms with Gasteiger partial charge in [-0.25, -0.2) is 4.39 Å². The molecule has 0 bridgehead atoms. The SMILES string of the molecule is C=C(C)COCCNCC(O)COc1ccccc1F. The molecule has 0 fully saturated rings. The fraction of sp³-hybridized carbons (Fsp3) is 0.467. The highest BCUT2D eigenvalue weighted by Gasteiger charge is 2.07. The Kier molecular flexibility index (Phi) is 7.87. The van der Waals surface area contributed by atoms with Crippen molar-refractivity contribution < 1.29 is 19.0 Å². The molecule has 0 saturated carbocycles. The minimum atomic E-state index is -0.698. The van der Waals surface area contributed by atoms with Crippen LogP contribution in [0.25, 0.3) is 0 Å². The maximum atomic E-state index is 13.3. The van der Waals surface area contributed by atoms with E-state index in [9.17, 15) is 9.50 Å². The van der Waals surface area contributed by atoms with Crippen LogP contribution in [0.2, 0.25) is 0 Å². The molecule has 0 spiro atoms. The average Bonchev–Trinajstić information content (AvgIpc) is 2.41. The van der Waals surface area contributed by atoms with Gasteiger partial charge in [0.15, 0.2) is 11.6 Å². The van der Waals surface area contributed by atoms with Gasteiger partial charge in [-0.05, 0) is 19.1 Å². The molecule has 1 aromatic carbocycles. The normalized spacial score (nSPS) is 12.2. The number of rotatable bonds is 10. The molecule has 20 heavy (non-hydrogen) atoms. The Balaban J connectivity index is 2.07. The first kappa shape index (κ1) is 16.6. The van der Waals surface area contributed by atoms with Crippen molar-refractivity contribution in [3.63, 3.8) is 0 Å². The predicted molar refractivity (Wildman–Crippen MR) is 76.4 cm³/mol. The zero-order chi connectivity index (χ0) is 14.8. The number of para-hydroxylation sites is 1. The second-order valence-electron chi connectivity index (χ2n) is 4.61. The van der Waals surface area contributed by atoms with E-state index in [1.54, 1.807) is 12.1 Å². The Hall–Kier alpha value is -1.43. The Morgan fingerprint density at radius 1 is 1.45 bits per heavy atom. The first-order valence-electron chi connectivity index (χ1n) is 6.58. The summed E-state index contributed by atoms with van der Waals surface area (Å²) in [4.78, 5) is 0. The molecule has 0 aromatic heterocycles. The number of benzene rings is 1. The summed E-state index contributed by atoms with van der Waals surface area (Å²) in [5.74, 6) is -0.280. The van der Waals surface area contributed by atoms with E-state index in [0.29, 0.717) is 26.3 Å². The fourth-order valence-electron chi connectivity index (χ4n) is 1.47. The highest BCUT2D eigenvalue weighted by Crippen LogP contribution is 2.15. The second kappa shape index (κ2) is 9.47. The van der Waals surface area contributed by atoms with Crippen molar-refractivity contribution >= 4 is 0 Å². The standard InChI is InChI=1S/C15H22FNO3/c1-12(2)10-19-8-7-17-9-13(18)11-20-15-6-4-3-5-14(15)16/h3-6,13,17-18H,1,7-11H2,2H3. The summed E-state index contributed by atoms with van der Waals surface area (Å²) in [7, 11) is 0. The summed E-state index contributed by atoms with van der Waals surface area (Å²) >= 11 is 0. The van der Waals surface area contributed by atoms with Crippen LogP contribution in [0.5, 0.6) is 5.75 Å². The topological polar surface area (TPSA) is 50.7 Å². The molecule has 0 aliphatic carbocycles. The van der Waals surface area contributed by atoms with Gasteiger partial charge < -0.3 is 19.9 Å². The van der Waals surface area contributed by atoms with E-state index in [4.69, 9.17) is 9.47 Å². The minimum absolute atomic E-state index is 0.0422. The molecule has 0 aliphatic heterocycles. The first-order valence-corrected chi connectivity index (χ1v) is 6.58. The summed E-state index contributed by atoms with van der Waals surface area (Å²) < 4.78 is 23.7. The Morgan fingerprint density at radius 2 is 2.20 bits per heavy atom. The number of hydrogen-bond acceptors (Lipinski definition) is 4. The zero-order valence-corrected chi connectivity index (χ0v) is 11.8. The molecule has 1 unspecified atom stereocenters. The van der Waals surface area contributed by atoms with Crippen molar-refractivity contribution in [1.82, 2.24) is 5.32 Å². The lowest BCUT2D eigenvalue weighted by atomic mass is 10.3. The summed E-state index contributed by atoms with van der Waals surface area (Å²) in [6.07, 6.45) is -0.698. The van der Waals surface area contributed by atoms with Gasteiger partial charge in [0.05, 0.1) is 13.2 Å². The van der Waals surface area contributed by atoms with Crippen molar-refractivity contribution in [1.29, 1.82) is 0 Å². The van der Waals surface area contributed by atoms with E-state index in [0.717, 1.165) is 5.57 Å². The molecular weight excluding hydrogens is 261 g/mol. The third-order valence-electron chi connectivity index (χ3n) is 2.42. The van der Waals surface area contributed by atoms with E-state index < -0.39 is 11.9 Å². The third kappa shape index (κ3) is 7.23. The van der Waals surface area contributed by atoms with E-state index in [-0.39, 0.29) is 12.4 Å². The van der Waals surface area contributed by atoms with E-state index >= 15 is 0 Å². The maximum Gasteiger partial charge on any atom is 0.165 e. The van der Waals surface area contributed by atoms with Gasteiger partial charge in [0, 0.05) is 13.1 Å². The van der Waals surface area contributed by atoms with Gasteiger partial charge in [0.2, 0.25) is 0 Å². The highest BCUT2D eigenvalue weighted by molar-refractivity contribution is 5.23. The zero-order valence-electron chi connectivity index (χ0n) is 11.8. The largest absolute Gasteiger partial charge is 0.488 e. The fourth-order valence-corrected chi connectivity index (χ4v) is 1.47. The predicted octanol–water partition coefficient (Wildman–Crippen LogP) is 1.75. The van der Waals surface area contributed by atoms with Crippen molar-refractivity contribution in [3.05, 3.63) is 42.2 Å². The van der Waals surface area contributed by atoms with Crippen LogP contribution in [0.1, 0.15) is 6.92 Å². The van der Waals surface area contributed by atoms with Gasteiger partial charge in [-0.2, -0.15) is 0 Å². The molecule has 112 valence electrons. The van der Waals surface area contributed by atoms with Gasteiger partial charge in [-0.3, -0.25) is 0 Å². The quantitative estimate of drug-likeness (QED) is 0.507. The summed E-state index contributed by atoms with van der Waals surface area (Å²) in [6.45, 7) is 7.76. The summed E-state index contributed by atoms with van der Waals surface area (Å²) in [5, 5.41) is 12.7. The number of aliphatic hydroxyl groups excluding tert-OH is 1. The average molecular weight is 283 g/mol. The van der Waals surface area contributed by atoms with Crippen LogP contribution in [-0.2, 0) is 4.74 Å². The molecule has 0 aliphatic rings. The number of ether oxygens (including phenoxy) is 2. The molecule has 0 heterocycles. The number of halogens is 1. The first-order chi connectivity index (χ1) is 9.59. The minimum Gasteiger partial charge on any atom is -0.488 e. The molecule has 5 heteroatoms. The lowest BCUT2D eigenvalue weighted by Gasteiger charge is -2.13. The molecule has 1 rings (SSSR count). The van der Waals surface area contributed by atoms with Gasteiger partial charge >= 0.3 is 0 Å². The lowest BCUT2D eigenvalue weighted by molar-refractivity contribution is 0.0992. The van der Waals surface area contributed by atoms with Crippen molar-refractivity contribution in [3.8, 4) is 5.75 Å². The van der Waals surface area contributed by atoms with Crippen molar-refractivity contribution in [2.45, 2.75) is 13.0 Å². The van der Waals surface area contributed by atoms with Crippen molar-refractivity contribution in [2.75, 3.05) is 32.9 Å². The van der Waals surface area contributed by atoms with Crippen LogP contribution in [0.15, 0.2) is 36.4 Å². The van der Waals surface area contributed by atoms with E-state index in [1.807, 2.05) is 6.92 Å². The molecule has 1 atom stereocenters. The number of nitrogens with one attached hydrogen (secondary N) is 1. The number of hydrogen-bond donors (Lipinski definition) is 2. The van der Waals surface area contributed by atoms with Gasteiger partial charge in [-0.15, -0.1) is 0 Å². The Bertz CT molecular complexity index is 412. The lowest BCUT2D eigenvalue weighted by Crippen LogP contribution is -2.33. The molecule has 0 radical (unpaired) electrons. The van der Waals surface area contributed by atoms with Gasteiger partial charge in [0.1, 0.15) is 12.7 Å². The summed E-state index contributed by atoms with van der Waals surface area (Å²) in [6, 6.07) is 6.12. The molecule has 1 aromatic rings.